The van der Waals surface area contributed by atoms with E-state index in [1.54, 1.807) is 4.90 Å². The van der Waals surface area contributed by atoms with Crippen LogP contribution < -0.4 is 5.32 Å². The van der Waals surface area contributed by atoms with Crippen molar-refractivity contribution in [3.8, 4) is 0 Å². The van der Waals surface area contributed by atoms with Crippen LogP contribution in [-0.4, -0.2) is 52.1 Å². The lowest BCUT2D eigenvalue weighted by Gasteiger charge is -2.38. The second-order valence-electron chi connectivity index (χ2n) is 6.02. The average Bonchev–Trinajstić information content (AvgIpc) is 2.85. The van der Waals surface area contributed by atoms with Crippen LogP contribution in [0.1, 0.15) is 39.0 Å². The molecule has 1 heterocycles. The molecule has 5 nitrogen and oxygen atoms in total. The number of hydrogen-bond acceptors (Lipinski definition) is 4. The Labute approximate surface area is 124 Å². The van der Waals surface area contributed by atoms with E-state index >= 15 is 0 Å². The van der Waals surface area contributed by atoms with Crippen LogP contribution in [-0.2, 0) is 4.79 Å². The lowest BCUT2D eigenvalue weighted by Crippen LogP contribution is -2.53. The van der Waals surface area contributed by atoms with Crippen molar-refractivity contribution in [1.82, 2.24) is 10.2 Å². The molecule has 0 spiro atoms. The molecule has 1 aliphatic carbocycles. The van der Waals surface area contributed by atoms with Crippen molar-refractivity contribution < 1.29 is 14.7 Å². The van der Waals surface area contributed by atoms with Crippen molar-refractivity contribution in [2.24, 2.45) is 5.92 Å². The molecule has 20 heavy (non-hydrogen) atoms. The van der Waals surface area contributed by atoms with Crippen molar-refractivity contribution in [2.75, 3.05) is 25.4 Å². The second-order valence-corrected chi connectivity index (χ2v) is 7.07. The zero-order valence-electron chi connectivity index (χ0n) is 12.1. The molecule has 114 valence electrons. The molecule has 1 aliphatic heterocycles. The van der Waals surface area contributed by atoms with Crippen molar-refractivity contribution in [3.05, 3.63) is 0 Å². The topological polar surface area (TPSA) is 69.6 Å². The van der Waals surface area contributed by atoms with Gasteiger partial charge in [0, 0.05) is 25.3 Å². The Morgan fingerprint density at radius 3 is 2.75 bits per heavy atom. The minimum Gasteiger partial charge on any atom is -0.394 e. The summed E-state index contributed by atoms with van der Waals surface area (Å²) < 4.78 is 0. The number of rotatable bonds is 5. The Balaban J connectivity index is 1.79. The SMILES string of the molecule is CC1CCC(CO)(NC(=O)CCN2CCSC2=O)CC1. The first kappa shape index (κ1) is 15.6. The van der Waals surface area contributed by atoms with Gasteiger partial charge in [-0.1, -0.05) is 18.7 Å². The quantitative estimate of drug-likeness (QED) is 0.809. The fraction of sp³-hybridized carbons (Fsp3) is 0.857. The maximum absolute atomic E-state index is 12.1. The molecule has 6 heteroatoms. The number of nitrogens with zero attached hydrogens (tertiary/aromatic N) is 1. The molecule has 2 N–H and O–H groups in total. The van der Waals surface area contributed by atoms with Crippen LogP contribution in [0.5, 0.6) is 0 Å². The maximum atomic E-state index is 12.1. The van der Waals surface area contributed by atoms with Crippen LogP contribution in [0.2, 0.25) is 0 Å². The molecule has 2 rings (SSSR count). The Hall–Kier alpha value is -0.750. The monoisotopic (exact) mass is 300 g/mol. The smallest absolute Gasteiger partial charge is 0.281 e. The number of aliphatic hydroxyl groups is 1. The van der Waals surface area contributed by atoms with Crippen molar-refractivity contribution in [1.29, 1.82) is 0 Å². The summed E-state index contributed by atoms with van der Waals surface area (Å²) in [5.41, 5.74) is -0.437. The molecule has 0 atom stereocenters. The highest BCUT2D eigenvalue weighted by Crippen LogP contribution is 2.31. The van der Waals surface area contributed by atoms with Gasteiger partial charge in [-0.3, -0.25) is 9.59 Å². The summed E-state index contributed by atoms with van der Waals surface area (Å²) in [6.45, 7) is 3.43. The van der Waals surface area contributed by atoms with Gasteiger partial charge >= 0.3 is 0 Å². The highest BCUT2D eigenvalue weighted by Gasteiger charge is 2.35. The van der Waals surface area contributed by atoms with E-state index in [2.05, 4.69) is 12.2 Å². The summed E-state index contributed by atoms with van der Waals surface area (Å²) in [6.07, 6.45) is 4.09. The van der Waals surface area contributed by atoms with Crippen LogP contribution in [0.4, 0.5) is 4.79 Å². The van der Waals surface area contributed by atoms with E-state index in [1.165, 1.54) is 11.8 Å². The molecule has 0 aromatic heterocycles. The summed E-state index contributed by atoms with van der Waals surface area (Å²) in [7, 11) is 0. The van der Waals surface area contributed by atoms with Gasteiger partial charge in [0.15, 0.2) is 0 Å². The predicted octanol–water partition coefficient (Wildman–Crippen LogP) is 1.60. The summed E-state index contributed by atoms with van der Waals surface area (Å²) in [5, 5.41) is 12.7. The molecule has 0 bridgehead atoms. The molecule has 0 radical (unpaired) electrons. The Bertz CT molecular complexity index is 367. The van der Waals surface area contributed by atoms with E-state index in [4.69, 9.17) is 0 Å². The second kappa shape index (κ2) is 6.80. The molecule has 0 aromatic rings. The Kier molecular flexibility index (Phi) is 5.32. The summed E-state index contributed by atoms with van der Waals surface area (Å²) in [4.78, 5) is 25.2. The number of carbonyl (C=O) groups excluding carboxylic acids is 2. The van der Waals surface area contributed by atoms with Gasteiger partial charge in [-0.2, -0.15) is 0 Å². The molecule has 1 saturated carbocycles. The predicted molar refractivity (Wildman–Crippen MR) is 79.6 cm³/mol. The molecular formula is C14H24N2O3S. The molecule has 1 saturated heterocycles. The van der Waals surface area contributed by atoms with E-state index < -0.39 is 5.54 Å². The summed E-state index contributed by atoms with van der Waals surface area (Å²) >= 11 is 1.31. The number of carbonyl (C=O) groups is 2. The lowest BCUT2D eigenvalue weighted by molar-refractivity contribution is -0.124. The number of amides is 2. The largest absolute Gasteiger partial charge is 0.394 e. The van der Waals surface area contributed by atoms with Crippen molar-refractivity contribution >= 4 is 22.9 Å². The third-order valence-corrected chi connectivity index (χ3v) is 5.28. The van der Waals surface area contributed by atoms with Crippen LogP contribution in [0, 0.1) is 5.92 Å². The van der Waals surface area contributed by atoms with Crippen LogP contribution in [0.25, 0.3) is 0 Å². The molecule has 0 unspecified atom stereocenters. The minimum absolute atomic E-state index is 0.00393. The maximum Gasteiger partial charge on any atom is 0.281 e. The third-order valence-electron chi connectivity index (χ3n) is 4.39. The van der Waals surface area contributed by atoms with Gasteiger partial charge < -0.3 is 15.3 Å². The summed E-state index contributed by atoms with van der Waals surface area (Å²) in [6, 6.07) is 0. The van der Waals surface area contributed by atoms with Crippen LogP contribution >= 0.6 is 11.8 Å². The summed E-state index contributed by atoms with van der Waals surface area (Å²) in [5.74, 6) is 1.43. The molecular weight excluding hydrogens is 276 g/mol. The Morgan fingerprint density at radius 2 is 2.20 bits per heavy atom. The van der Waals surface area contributed by atoms with Gasteiger partial charge in [-0.25, -0.2) is 0 Å². The average molecular weight is 300 g/mol. The van der Waals surface area contributed by atoms with Gasteiger partial charge in [-0.05, 0) is 31.6 Å². The molecule has 0 aromatic carbocycles. The van der Waals surface area contributed by atoms with Gasteiger partial charge in [0.1, 0.15) is 0 Å². The molecule has 2 amide bonds. The zero-order valence-corrected chi connectivity index (χ0v) is 12.9. The van der Waals surface area contributed by atoms with E-state index in [9.17, 15) is 14.7 Å². The third kappa shape index (κ3) is 3.88. The fourth-order valence-electron chi connectivity index (χ4n) is 2.86. The van der Waals surface area contributed by atoms with Gasteiger partial charge in [0.25, 0.3) is 5.24 Å². The lowest BCUT2D eigenvalue weighted by atomic mass is 9.77. The number of nitrogens with one attached hydrogen (secondary N) is 1. The van der Waals surface area contributed by atoms with Gasteiger partial charge in [0.05, 0.1) is 12.1 Å². The van der Waals surface area contributed by atoms with Crippen LogP contribution in [0.15, 0.2) is 0 Å². The van der Waals surface area contributed by atoms with Gasteiger partial charge in [0.2, 0.25) is 5.91 Å². The molecule has 2 aliphatic rings. The zero-order chi connectivity index (χ0) is 14.6. The standard InChI is InChI=1S/C14H24N2O3S/c1-11-2-5-14(10-17,6-3-11)15-12(18)4-7-16-8-9-20-13(16)19/h11,17H,2-10H2,1H3,(H,15,18). The number of aliphatic hydroxyl groups excluding tert-OH is 1. The first-order valence-corrected chi connectivity index (χ1v) is 8.37. The van der Waals surface area contributed by atoms with E-state index in [0.717, 1.165) is 38.0 Å². The highest BCUT2D eigenvalue weighted by molar-refractivity contribution is 8.13. The molecule has 2 fully saturated rings. The van der Waals surface area contributed by atoms with Crippen molar-refractivity contribution in [2.45, 2.75) is 44.6 Å². The number of thioether (sulfide) groups is 1. The number of hydrogen-bond donors (Lipinski definition) is 2. The van der Waals surface area contributed by atoms with Gasteiger partial charge in [-0.15, -0.1) is 0 Å². The van der Waals surface area contributed by atoms with E-state index in [1.807, 2.05) is 0 Å². The fourth-order valence-corrected chi connectivity index (χ4v) is 3.71. The Morgan fingerprint density at radius 1 is 1.50 bits per heavy atom. The van der Waals surface area contributed by atoms with E-state index in [0.29, 0.717) is 18.9 Å². The minimum atomic E-state index is -0.437. The first-order valence-electron chi connectivity index (χ1n) is 7.38. The highest BCUT2D eigenvalue weighted by atomic mass is 32.2. The van der Waals surface area contributed by atoms with E-state index in [-0.39, 0.29) is 17.8 Å². The van der Waals surface area contributed by atoms with Crippen LogP contribution in [0.3, 0.4) is 0 Å². The normalized spacial score (nSPS) is 30.6. The first-order chi connectivity index (χ1) is 9.54. The van der Waals surface area contributed by atoms with Crippen molar-refractivity contribution in [3.63, 3.8) is 0 Å².